The number of amides is 2. The predicted molar refractivity (Wildman–Crippen MR) is 122 cm³/mol. The third-order valence-corrected chi connectivity index (χ3v) is 5.39. The lowest BCUT2D eigenvalue weighted by Gasteiger charge is -2.38. The first-order valence-corrected chi connectivity index (χ1v) is 10.5. The SMILES string of the molecule is Cc1ccccc1C(=O)N/C(=C\c1ccco1)C(=O)N[C@H]1CC(C)(C)Oc2ccccc21. The van der Waals surface area contributed by atoms with E-state index in [0.29, 0.717) is 17.7 Å². The first-order chi connectivity index (χ1) is 15.3. The zero-order valence-corrected chi connectivity index (χ0v) is 18.3. The minimum absolute atomic E-state index is 0.106. The Kier molecular flexibility index (Phi) is 5.86. The first-order valence-electron chi connectivity index (χ1n) is 10.5. The van der Waals surface area contributed by atoms with Crippen molar-refractivity contribution in [2.75, 3.05) is 0 Å². The van der Waals surface area contributed by atoms with Crippen molar-refractivity contribution in [2.24, 2.45) is 0 Å². The molecule has 3 aromatic rings. The molecule has 0 radical (unpaired) electrons. The monoisotopic (exact) mass is 430 g/mol. The Hall–Kier alpha value is -3.80. The van der Waals surface area contributed by atoms with Crippen molar-refractivity contribution < 1.29 is 18.7 Å². The van der Waals surface area contributed by atoms with E-state index in [2.05, 4.69) is 10.6 Å². The molecule has 0 fully saturated rings. The number of benzene rings is 2. The molecule has 0 bridgehead atoms. The minimum Gasteiger partial charge on any atom is -0.487 e. The van der Waals surface area contributed by atoms with E-state index < -0.39 is 11.5 Å². The number of furan rings is 1. The van der Waals surface area contributed by atoms with E-state index in [0.717, 1.165) is 16.9 Å². The Morgan fingerprint density at radius 2 is 1.78 bits per heavy atom. The molecule has 164 valence electrons. The minimum atomic E-state index is -0.443. The number of para-hydroxylation sites is 1. The molecule has 1 atom stereocenters. The topological polar surface area (TPSA) is 80.6 Å². The molecule has 2 aromatic carbocycles. The average molecular weight is 431 g/mol. The molecule has 32 heavy (non-hydrogen) atoms. The number of hydrogen-bond acceptors (Lipinski definition) is 4. The van der Waals surface area contributed by atoms with Crippen molar-refractivity contribution in [2.45, 2.75) is 38.8 Å². The van der Waals surface area contributed by atoms with Gasteiger partial charge >= 0.3 is 0 Å². The summed E-state index contributed by atoms with van der Waals surface area (Å²) in [6.07, 6.45) is 3.64. The van der Waals surface area contributed by atoms with Gasteiger partial charge in [-0.1, -0.05) is 36.4 Å². The van der Waals surface area contributed by atoms with Crippen molar-refractivity contribution >= 4 is 17.9 Å². The van der Waals surface area contributed by atoms with Crippen molar-refractivity contribution in [3.8, 4) is 5.75 Å². The standard InChI is InChI=1S/C26H26N2O4/c1-17-9-4-5-11-19(17)24(29)27-21(15-18-10-8-14-31-18)25(30)28-22-16-26(2,3)32-23-13-7-6-12-20(22)23/h4-15,22H,16H2,1-3H3,(H,27,29)(H,28,30)/b21-15-/t22-/m0/s1. The van der Waals surface area contributed by atoms with Crippen molar-refractivity contribution in [3.05, 3.63) is 95.1 Å². The molecule has 4 rings (SSSR count). The van der Waals surface area contributed by atoms with Crippen LogP contribution in [0.1, 0.15) is 53.6 Å². The van der Waals surface area contributed by atoms with Gasteiger partial charge in [0.25, 0.3) is 11.8 Å². The maximum atomic E-state index is 13.3. The van der Waals surface area contributed by atoms with Gasteiger partial charge in [0, 0.05) is 23.6 Å². The van der Waals surface area contributed by atoms with Crippen LogP contribution in [0.2, 0.25) is 0 Å². The number of hydrogen-bond donors (Lipinski definition) is 2. The van der Waals surface area contributed by atoms with Gasteiger partial charge in [0.1, 0.15) is 22.8 Å². The molecule has 0 saturated heterocycles. The highest BCUT2D eigenvalue weighted by molar-refractivity contribution is 6.05. The average Bonchev–Trinajstić information content (AvgIpc) is 3.26. The summed E-state index contributed by atoms with van der Waals surface area (Å²) < 4.78 is 11.4. The van der Waals surface area contributed by atoms with Crippen LogP contribution in [0.5, 0.6) is 5.75 Å². The Balaban J connectivity index is 1.61. The number of aryl methyl sites for hydroxylation is 1. The summed E-state index contributed by atoms with van der Waals surface area (Å²) in [4.78, 5) is 26.3. The zero-order chi connectivity index (χ0) is 22.7. The second-order valence-corrected chi connectivity index (χ2v) is 8.47. The summed E-state index contributed by atoms with van der Waals surface area (Å²) in [6.45, 7) is 5.83. The summed E-state index contributed by atoms with van der Waals surface area (Å²) >= 11 is 0. The quantitative estimate of drug-likeness (QED) is 0.571. The fourth-order valence-corrected chi connectivity index (χ4v) is 3.86. The molecule has 6 nitrogen and oxygen atoms in total. The van der Waals surface area contributed by atoms with Crippen molar-refractivity contribution in [1.29, 1.82) is 0 Å². The van der Waals surface area contributed by atoms with Gasteiger partial charge in [-0.25, -0.2) is 0 Å². The van der Waals surface area contributed by atoms with Gasteiger partial charge in [0.2, 0.25) is 0 Å². The van der Waals surface area contributed by atoms with Crippen molar-refractivity contribution in [1.82, 2.24) is 10.6 Å². The Morgan fingerprint density at radius 1 is 1.03 bits per heavy atom. The van der Waals surface area contributed by atoms with Crippen LogP contribution in [0.3, 0.4) is 0 Å². The molecule has 0 unspecified atom stereocenters. The highest BCUT2D eigenvalue weighted by Crippen LogP contribution is 2.39. The highest BCUT2D eigenvalue weighted by atomic mass is 16.5. The van der Waals surface area contributed by atoms with E-state index in [-0.39, 0.29) is 17.6 Å². The highest BCUT2D eigenvalue weighted by Gasteiger charge is 2.35. The van der Waals surface area contributed by atoms with Crippen LogP contribution in [0.25, 0.3) is 6.08 Å². The molecule has 1 aliphatic heterocycles. The maximum absolute atomic E-state index is 13.3. The molecule has 1 aliphatic rings. The number of ether oxygens (including phenoxy) is 1. The third-order valence-electron chi connectivity index (χ3n) is 5.39. The van der Waals surface area contributed by atoms with Crippen LogP contribution in [0.4, 0.5) is 0 Å². The van der Waals surface area contributed by atoms with E-state index >= 15 is 0 Å². The number of carbonyl (C=O) groups excluding carboxylic acids is 2. The molecule has 0 saturated carbocycles. The summed E-state index contributed by atoms with van der Waals surface area (Å²) in [6, 6.07) is 18.1. The largest absolute Gasteiger partial charge is 0.487 e. The van der Waals surface area contributed by atoms with E-state index in [1.807, 2.05) is 57.2 Å². The first kappa shape index (κ1) is 21.4. The summed E-state index contributed by atoms with van der Waals surface area (Å²) in [5, 5.41) is 5.84. The zero-order valence-electron chi connectivity index (χ0n) is 18.3. The molecule has 2 amide bonds. The molecule has 6 heteroatoms. The second-order valence-electron chi connectivity index (χ2n) is 8.47. The smallest absolute Gasteiger partial charge is 0.268 e. The van der Waals surface area contributed by atoms with E-state index in [1.54, 1.807) is 24.3 Å². The molecule has 2 N–H and O–H groups in total. The van der Waals surface area contributed by atoms with Crippen LogP contribution in [0.15, 0.2) is 77.0 Å². The molecule has 2 heterocycles. The summed E-state index contributed by atoms with van der Waals surface area (Å²) in [5.74, 6) is 0.451. The summed E-state index contributed by atoms with van der Waals surface area (Å²) in [5.41, 5.74) is 1.89. The molecule has 0 spiro atoms. The Bertz CT molecular complexity index is 1160. The predicted octanol–water partition coefficient (Wildman–Crippen LogP) is 4.78. The lowest BCUT2D eigenvalue weighted by molar-refractivity contribution is -0.119. The molecular weight excluding hydrogens is 404 g/mol. The van der Waals surface area contributed by atoms with Gasteiger partial charge in [0.15, 0.2) is 0 Å². The maximum Gasteiger partial charge on any atom is 0.268 e. The normalized spacial score (nSPS) is 17.1. The van der Waals surface area contributed by atoms with Gasteiger partial charge in [0.05, 0.1) is 12.3 Å². The van der Waals surface area contributed by atoms with Gasteiger partial charge in [-0.2, -0.15) is 0 Å². The van der Waals surface area contributed by atoms with Crippen LogP contribution in [0, 0.1) is 6.92 Å². The summed E-state index contributed by atoms with van der Waals surface area (Å²) in [7, 11) is 0. The fourth-order valence-electron chi connectivity index (χ4n) is 3.86. The molecule has 1 aromatic heterocycles. The van der Waals surface area contributed by atoms with Gasteiger partial charge < -0.3 is 19.8 Å². The van der Waals surface area contributed by atoms with Crippen LogP contribution < -0.4 is 15.4 Å². The Labute approximate surface area is 187 Å². The fraction of sp³-hybridized carbons (Fsp3) is 0.231. The van der Waals surface area contributed by atoms with Crippen LogP contribution >= 0.6 is 0 Å². The number of fused-ring (bicyclic) bond motifs is 1. The van der Waals surface area contributed by atoms with Crippen molar-refractivity contribution in [3.63, 3.8) is 0 Å². The van der Waals surface area contributed by atoms with Crippen LogP contribution in [-0.4, -0.2) is 17.4 Å². The van der Waals surface area contributed by atoms with Gasteiger partial charge in [-0.3, -0.25) is 9.59 Å². The van der Waals surface area contributed by atoms with Gasteiger partial charge in [-0.15, -0.1) is 0 Å². The van der Waals surface area contributed by atoms with Crippen LogP contribution in [-0.2, 0) is 4.79 Å². The lowest BCUT2D eigenvalue weighted by Crippen LogP contribution is -2.43. The lowest BCUT2D eigenvalue weighted by atomic mass is 9.89. The van der Waals surface area contributed by atoms with Gasteiger partial charge in [-0.05, 0) is 50.6 Å². The second kappa shape index (κ2) is 8.75. The Morgan fingerprint density at radius 3 is 2.53 bits per heavy atom. The van der Waals surface area contributed by atoms with E-state index in [9.17, 15) is 9.59 Å². The van der Waals surface area contributed by atoms with E-state index in [1.165, 1.54) is 12.3 Å². The molecule has 0 aliphatic carbocycles. The third kappa shape index (κ3) is 4.75. The number of rotatable bonds is 5. The number of nitrogens with one attached hydrogen (secondary N) is 2. The number of carbonyl (C=O) groups is 2. The van der Waals surface area contributed by atoms with E-state index in [4.69, 9.17) is 9.15 Å². The molecular formula is C26H26N2O4.